The molecule has 0 atom stereocenters. The summed E-state index contributed by atoms with van der Waals surface area (Å²) >= 11 is 0. The Labute approximate surface area is 113 Å². The Morgan fingerprint density at radius 2 is 1.95 bits per heavy atom. The van der Waals surface area contributed by atoms with E-state index in [2.05, 4.69) is 4.98 Å². The predicted molar refractivity (Wildman–Crippen MR) is 73.7 cm³/mol. The van der Waals surface area contributed by atoms with Crippen molar-refractivity contribution in [1.29, 1.82) is 0 Å². The first-order valence-electron chi connectivity index (χ1n) is 6.05. The van der Waals surface area contributed by atoms with Gasteiger partial charge in [-0.2, -0.15) is 0 Å². The normalized spacial score (nSPS) is 10.9. The zero-order valence-corrected chi connectivity index (χ0v) is 10.7. The van der Waals surface area contributed by atoms with E-state index in [9.17, 15) is 14.3 Å². The number of hydrogen-bond donors (Lipinski definition) is 1. The first-order valence-corrected chi connectivity index (χ1v) is 6.05. The second-order valence-corrected chi connectivity index (χ2v) is 4.45. The summed E-state index contributed by atoms with van der Waals surface area (Å²) in [5.41, 5.74) is 0.283. The van der Waals surface area contributed by atoms with Crippen LogP contribution in [0.2, 0.25) is 0 Å². The first-order chi connectivity index (χ1) is 9.58. The molecule has 0 unspecified atom stereocenters. The van der Waals surface area contributed by atoms with Gasteiger partial charge in [0.05, 0.1) is 11.2 Å². The van der Waals surface area contributed by atoms with Crippen LogP contribution < -0.4 is 5.56 Å². The van der Waals surface area contributed by atoms with E-state index in [1.165, 1.54) is 28.8 Å². The van der Waals surface area contributed by atoms with Gasteiger partial charge in [0.2, 0.25) is 0 Å². The van der Waals surface area contributed by atoms with Gasteiger partial charge in [-0.15, -0.1) is 0 Å². The van der Waals surface area contributed by atoms with Crippen molar-refractivity contribution in [1.82, 2.24) is 9.55 Å². The molecular formula is C15H11FN2O2. The summed E-state index contributed by atoms with van der Waals surface area (Å²) in [6.45, 7) is 1.66. The van der Waals surface area contributed by atoms with E-state index in [4.69, 9.17) is 0 Å². The molecule has 2 aromatic carbocycles. The van der Waals surface area contributed by atoms with Crippen molar-refractivity contribution in [2.75, 3.05) is 0 Å². The molecule has 0 bridgehead atoms. The van der Waals surface area contributed by atoms with Crippen LogP contribution in [0.15, 0.2) is 47.3 Å². The van der Waals surface area contributed by atoms with E-state index >= 15 is 0 Å². The molecule has 1 N–H and O–H groups in total. The van der Waals surface area contributed by atoms with Crippen LogP contribution in [-0.2, 0) is 0 Å². The summed E-state index contributed by atoms with van der Waals surface area (Å²) in [6.07, 6.45) is 0. The molecule has 5 heteroatoms. The lowest BCUT2D eigenvalue weighted by atomic mass is 10.2. The summed E-state index contributed by atoms with van der Waals surface area (Å²) in [6, 6.07) is 10.5. The highest BCUT2D eigenvalue weighted by atomic mass is 19.1. The number of nitrogens with zero attached hydrogens (tertiary/aromatic N) is 2. The summed E-state index contributed by atoms with van der Waals surface area (Å²) in [5.74, 6) is -0.143. The van der Waals surface area contributed by atoms with Crippen LogP contribution in [0.25, 0.3) is 16.6 Å². The van der Waals surface area contributed by atoms with Crippen molar-refractivity contribution < 1.29 is 9.50 Å². The SMILES string of the molecule is Cc1nc2cccc(F)c2c(=O)n1-c1cccc(O)c1. The Bertz CT molecular complexity index is 871. The minimum Gasteiger partial charge on any atom is -0.508 e. The van der Waals surface area contributed by atoms with E-state index in [0.717, 1.165) is 0 Å². The number of benzene rings is 2. The average Bonchev–Trinajstić information content (AvgIpc) is 2.38. The predicted octanol–water partition coefficient (Wildman–Crippen LogP) is 2.54. The number of aromatic hydroxyl groups is 1. The average molecular weight is 270 g/mol. The summed E-state index contributed by atoms with van der Waals surface area (Å²) in [5, 5.41) is 9.46. The Morgan fingerprint density at radius 1 is 1.20 bits per heavy atom. The highest BCUT2D eigenvalue weighted by molar-refractivity contribution is 5.78. The zero-order chi connectivity index (χ0) is 14.3. The van der Waals surface area contributed by atoms with Gasteiger partial charge in [-0.3, -0.25) is 9.36 Å². The van der Waals surface area contributed by atoms with Crippen molar-refractivity contribution in [3.05, 3.63) is 64.5 Å². The third-order valence-electron chi connectivity index (χ3n) is 3.10. The number of fused-ring (bicyclic) bond motifs is 1. The van der Waals surface area contributed by atoms with Gasteiger partial charge < -0.3 is 5.11 Å². The molecule has 0 radical (unpaired) electrons. The molecule has 0 saturated heterocycles. The fraction of sp³-hybridized carbons (Fsp3) is 0.0667. The van der Waals surface area contributed by atoms with Crippen LogP contribution in [0.3, 0.4) is 0 Å². The third kappa shape index (κ3) is 1.84. The van der Waals surface area contributed by atoms with Gasteiger partial charge in [0, 0.05) is 6.07 Å². The number of phenolic OH excluding ortho intramolecular Hbond substituents is 1. The minimum atomic E-state index is -0.603. The molecule has 0 amide bonds. The maximum Gasteiger partial charge on any atom is 0.268 e. The number of aryl methyl sites for hydroxylation is 1. The number of phenols is 1. The molecule has 0 aliphatic carbocycles. The second kappa shape index (κ2) is 4.45. The Balaban J connectivity index is 2.43. The maximum absolute atomic E-state index is 13.9. The summed E-state index contributed by atoms with van der Waals surface area (Å²) in [4.78, 5) is 16.7. The largest absolute Gasteiger partial charge is 0.508 e. The summed E-state index contributed by atoms with van der Waals surface area (Å²) in [7, 11) is 0. The molecular weight excluding hydrogens is 259 g/mol. The van der Waals surface area contributed by atoms with Crippen molar-refractivity contribution in [3.8, 4) is 11.4 Å². The van der Waals surface area contributed by atoms with Gasteiger partial charge in [-0.1, -0.05) is 12.1 Å². The van der Waals surface area contributed by atoms with Crippen LogP contribution in [0.4, 0.5) is 4.39 Å². The van der Waals surface area contributed by atoms with E-state index in [1.54, 1.807) is 25.1 Å². The van der Waals surface area contributed by atoms with Crippen LogP contribution in [0, 0.1) is 12.7 Å². The Hall–Kier alpha value is -2.69. The van der Waals surface area contributed by atoms with Crippen LogP contribution >= 0.6 is 0 Å². The molecule has 1 heterocycles. The highest BCUT2D eigenvalue weighted by Crippen LogP contribution is 2.18. The van der Waals surface area contributed by atoms with Gasteiger partial charge >= 0.3 is 0 Å². The maximum atomic E-state index is 13.9. The lowest BCUT2D eigenvalue weighted by Gasteiger charge is -2.11. The van der Waals surface area contributed by atoms with E-state index in [0.29, 0.717) is 17.0 Å². The zero-order valence-electron chi connectivity index (χ0n) is 10.7. The monoisotopic (exact) mass is 270 g/mol. The molecule has 100 valence electrons. The standard InChI is InChI=1S/C15H11FN2O2/c1-9-17-13-7-3-6-12(16)14(13)15(20)18(9)10-4-2-5-11(19)8-10/h2-8,19H,1H3. The summed E-state index contributed by atoms with van der Waals surface area (Å²) < 4.78 is 15.1. The minimum absolute atomic E-state index is 0.0300. The first kappa shape index (κ1) is 12.3. The number of aromatic nitrogens is 2. The van der Waals surface area contributed by atoms with E-state index in [-0.39, 0.29) is 11.1 Å². The van der Waals surface area contributed by atoms with Crippen LogP contribution in [0.5, 0.6) is 5.75 Å². The number of rotatable bonds is 1. The molecule has 0 spiro atoms. The molecule has 3 rings (SSSR count). The molecule has 20 heavy (non-hydrogen) atoms. The fourth-order valence-electron chi connectivity index (χ4n) is 2.24. The molecule has 1 aromatic heterocycles. The van der Waals surface area contributed by atoms with E-state index < -0.39 is 11.4 Å². The lowest BCUT2D eigenvalue weighted by Crippen LogP contribution is -2.23. The van der Waals surface area contributed by atoms with Crippen LogP contribution in [0.1, 0.15) is 5.82 Å². The molecule has 4 nitrogen and oxygen atoms in total. The van der Waals surface area contributed by atoms with Gasteiger partial charge in [-0.25, -0.2) is 9.37 Å². The molecule has 0 aliphatic heterocycles. The molecule has 0 aliphatic rings. The third-order valence-corrected chi connectivity index (χ3v) is 3.10. The van der Waals surface area contributed by atoms with E-state index in [1.807, 2.05) is 0 Å². The number of hydrogen-bond acceptors (Lipinski definition) is 3. The number of halogens is 1. The Morgan fingerprint density at radius 3 is 2.70 bits per heavy atom. The topological polar surface area (TPSA) is 55.1 Å². The lowest BCUT2D eigenvalue weighted by molar-refractivity contribution is 0.475. The Kier molecular flexibility index (Phi) is 2.75. The van der Waals surface area contributed by atoms with Gasteiger partial charge in [0.15, 0.2) is 0 Å². The van der Waals surface area contributed by atoms with Crippen molar-refractivity contribution in [2.24, 2.45) is 0 Å². The van der Waals surface area contributed by atoms with Crippen molar-refractivity contribution in [2.45, 2.75) is 6.92 Å². The smallest absolute Gasteiger partial charge is 0.268 e. The molecule has 0 fully saturated rings. The van der Waals surface area contributed by atoms with Gasteiger partial charge in [0.1, 0.15) is 22.8 Å². The fourth-order valence-corrected chi connectivity index (χ4v) is 2.24. The van der Waals surface area contributed by atoms with Crippen molar-refractivity contribution in [3.63, 3.8) is 0 Å². The molecule has 0 saturated carbocycles. The van der Waals surface area contributed by atoms with Gasteiger partial charge in [-0.05, 0) is 31.2 Å². The second-order valence-electron chi connectivity index (χ2n) is 4.45. The highest BCUT2D eigenvalue weighted by Gasteiger charge is 2.13. The quantitative estimate of drug-likeness (QED) is 0.739. The molecule has 3 aromatic rings. The van der Waals surface area contributed by atoms with Crippen molar-refractivity contribution >= 4 is 10.9 Å². The van der Waals surface area contributed by atoms with Crippen LogP contribution in [-0.4, -0.2) is 14.7 Å². The van der Waals surface area contributed by atoms with Gasteiger partial charge in [0.25, 0.3) is 5.56 Å².